The Balaban J connectivity index is 4.06. The van der Waals surface area contributed by atoms with Crippen LogP contribution in [0.1, 0.15) is 33.6 Å². The van der Waals surface area contributed by atoms with Gasteiger partial charge in [0.05, 0.1) is 0 Å². The van der Waals surface area contributed by atoms with Gasteiger partial charge in [0, 0.05) is 6.21 Å². The van der Waals surface area contributed by atoms with E-state index in [4.69, 9.17) is 5.41 Å². The molecule has 0 aliphatic rings. The van der Waals surface area contributed by atoms with Gasteiger partial charge in [-0.25, -0.2) is 0 Å². The van der Waals surface area contributed by atoms with Crippen LogP contribution < -0.4 is 0 Å². The van der Waals surface area contributed by atoms with Gasteiger partial charge in [-0.1, -0.05) is 25.0 Å². The van der Waals surface area contributed by atoms with E-state index in [-0.39, 0.29) is 0 Å². The molecule has 0 bridgehead atoms. The Hall–Kier alpha value is -0.850. The fourth-order valence-electron chi connectivity index (χ4n) is 1.03. The molecule has 0 aliphatic heterocycles. The Kier molecular flexibility index (Phi) is 5.44. The van der Waals surface area contributed by atoms with Gasteiger partial charge in [0.2, 0.25) is 0 Å². The van der Waals surface area contributed by atoms with E-state index in [1.54, 1.807) is 6.08 Å². The third-order valence-corrected chi connectivity index (χ3v) is 1.46. The van der Waals surface area contributed by atoms with Crippen molar-refractivity contribution in [2.24, 2.45) is 0 Å². The lowest BCUT2D eigenvalue weighted by molar-refractivity contribution is 0.904. The Morgan fingerprint density at radius 3 is 2.45 bits per heavy atom. The molecule has 11 heavy (non-hydrogen) atoms. The topological polar surface area (TPSA) is 23.9 Å². The van der Waals surface area contributed by atoms with Crippen LogP contribution >= 0.6 is 0 Å². The highest BCUT2D eigenvalue weighted by atomic mass is 14.3. The minimum atomic E-state index is 1.16. The second-order valence-corrected chi connectivity index (χ2v) is 2.82. The molecule has 0 aromatic rings. The average molecular weight is 151 g/mol. The fraction of sp³-hybridized carbons (Fsp3) is 0.500. The van der Waals surface area contributed by atoms with Crippen LogP contribution in [0.2, 0.25) is 0 Å². The van der Waals surface area contributed by atoms with Gasteiger partial charge in [-0.05, 0) is 31.9 Å². The van der Waals surface area contributed by atoms with E-state index in [1.165, 1.54) is 18.2 Å². The lowest BCUT2D eigenvalue weighted by Crippen LogP contribution is -1.77. The molecule has 1 nitrogen and oxygen atoms in total. The number of hydrogen-bond acceptors (Lipinski definition) is 1. The van der Waals surface area contributed by atoms with E-state index in [0.29, 0.717) is 0 Å². The third kappa shape index (κ3) is 5.59. The van der Waals surface area contributed by atoms with E-state index in [1.807, 2.05) is 6.92 Å². The summed E-state index contributed by atoms with van der Waals surface area (Å²) in [5, 5.41) is 6.85. The van der Waals surface area contributed by atoms with Crippen LogP contribution in [0.5, 0.6) is 0 Å². The Morgan fingerprint density at radius 1 is 1.36 bits per heavy atom. The van der Waals surface area contributed by atoms with E-state index in [2.05, 4.69) is 19.9 Å². The third-order valence-electron chi connectivity index (χ3n) is 1.46. The molecule has 0 aromatic heterocycles. The van der Waals surface area contributed by atoms with Crippen LogP contribution in [0.4, 0.5) is 0 Å². The van der Waals surface area contributed by atoms with Crippen LogP contribution in [0, 0.1) is 5.41 Å². The standard InChI is InChI=1S/C10H17N/c1-4-5-9(2)8-10(3)6-7-11/h6-8,11H,4-5H2,1-3H3/b9-8-,10-6-,11-7?. The van der Waals surface area contributed by atoms with Gasteiger partial charge in [0.1, 0.15) is 0 Å². The first-order valence-corrected chi connectivity index (χ1v) is 4.05. The van der Waals surface area contributed by atoms with Crippen molar-refractivity contribution in [1.82, 2.24) is 0 Å². The molecule has 0 unspecified atom stereocenters. The van der Waals surface area contributed by atoms with Gasteiger partial charge in [-0.3, -0.25) is 0 Å². The first-order chi connectivity index (χ1) is 5.20. The molecule has 62 valence electrons. The van der Waals surface area contributed by atoms with E-state index in [0.717, 1.165) is 12.0 Å². The first kappa shape index (κ1) is 10.2. The normalized spacial score (nSPS) is 13.4. The van der Waals surface area contributed by atoms with Crippen LogP contribution in [0.25, 0.3) is 0 Å². The van der Waals surface area contributed by atoms with Crippen LogP contribution in [-0.2, 0) is 0 Å². The summed E-state index contributed by atoms with van der Waals surface area (Å²) in [6, 6.07) is 0. The molecule has 0 radical (unpaired) electrons. The van der Waals surface area contributed by atoms with E-state index >= 15 is 0 Å². The minimum Gasteiger partial charge on any atom is -0.309 e. The van der Waals surface area contributed by atoms with Gasteiger partial charge < -0.3 is 5.41 Å². The summed E-state index contributed by atoms with van der Waals surface area (Å²) < 4.78 is 0. The Bertz CT molecular complexity index is 175. The van der Waals surface area contributed by atoms with Crippen molar-refractivity contribution in [3.8, 4) is 0 Å². The van der Waals surface area contributed by atoms with Gasteiger partial charge in [0.15, 0.2) is 0 Å². The van der Waals surface area contributed by atoms with Crippen molar-refractivity contribution in [3.05, 3.63) is 23.3 Å². The molecule has 0 fully saturated rings. The summed E-state index contributed by atoms with van der Waals surface area (Å²) in [5.74, 6) is 0. The summed E-state index contributed by atoms with van der Waals surface area (Å²) in [6.07, 6.45) is 7.61. The lowest BCUT2D eigenvalue weighted by atomic mass is 10.1. The number of nitrogens with one attached hydrogen (secondary N) is 1. The molecule has 0 saturated carbocycles. The van der Waals surface area contributed by atoms with Crippen molar-refractivity contribution in [2.45, 2.75) is 33.6 Å². The first-order valence-electron chi connectivity index (χ1n) is 4.05. The van der Waals surface area contributed by atoms with Crippen LogP contribution in [0.3, 0.4) is 0 Å². The van der Waals surface area contributed by atoms with Gasteiger partial charge >= 0.3 is 0 Å². The Labute approximate surface area is 69.3 Å². The second-order valence-electron chi connectivity index (χ2n) is 2.82. The molecule has 0 saturated heterocycles. The highest BCUT2D eigenvalue weighted by molar-refractivity contribution is 5.69. The predicted octanol–water partition coefficient (Wildman–Crippen LogP) is 3.33. The molecule has 0 spiro atoms. The smallest absolute Gasteiger partial charge is 0.0180 e. The SMILES string of the molecule is CCC/C(C)=C\C(C)=C/C=N. The summed E-state index contributed by atoms with van der Waals surface area (Å²) >= 11 is 0. The molecule has 0 rings (SSSR count). The zero-order valence-electron chi connectivity index (χ0n) is 7.65. The molecule has 0 aliphatic carbocycles. The largest absolute Gasteiger partial charge is 0.309 e. The zero-order chi connectivity index (χ0) is 8.69. The minimum absolute atomic E-state index is 1.16. The van der Waals surface area contributed by atoms with E-state index < -0.39 is 0 Å². The maximum atomic E-state index is 6.85. The maximum absolute atomic E-state index is 6.85. The number of hydrogen-bond donors (Lipinski definition) is 1. The highest BCUT2D eigenvalue weighted by Gasteiger charge is 1.86. The van der Waals surface area contributed by atoms with Gasteiger partial charge in [0.25, 0.3) is 0 Å². The van der Waals surface area contributed by atoms with Crippen molar-refractivity contribution in [3.63, 3.8) is 0 Å². The molecule has 1 heteroatoms. The Morgan fingerprint density at radius 2 is 2.00 bits per heavy atom. The molecular formula is C10H17N. The van der Waals surface area contributed by atoms with Crippen LogP contribution in [-0.4, -0.2) is 6.21 Å². The number of allylic oxidation sites excluding steroid dienone is 4. The van der Waals surface area contributed by atoms with Crippen LogP contribution in [0.15, 0.2) is 23.3 Å². The van der Waals surface area contributed by atoms with Crippen molar-refractivity contribution >= 4 is 6.21 Å². The van der Waals surface area contributed by atoms with Gasteiger partial charge in [-0.2, -0.15) is 0 Å². The molecule has 0 atom stereocenters. The summed E-state index contributed by atoms with van der Waals surface area (Å²) in [5.41, 5.74) is 2.55. The summed E-state index contributed by atoms with van der Waals surface area (Å²) in [4.78, 5) is 0. The van der Waals surface area contributed by atoms with Gasteiger partial charge in [-0.15, -0.1) is 0 Å². The second kappa shape index (κ2) is 5.90. The predicted molar refractivity (Wildman–Crippen MR) is 51.2 cm³/mol. The zero-order valence-corrected chi connectivity index (χ0v) is 7.65. The molecule has 0 heterocycles. The molecular weight excluding hydrogens is 134 g/mol. The fourth-order valence-corrected chi connectivity index (χ4v) is 1.03. The maximum Gasteiger partial charge on any atom is 0.0180 e. The average Bonchev–Trinajstić information content (AvgIpc) is 1.87. The van der Waals surface area contributed by atoms with Crippen molar-refractivity contribution in [1.29, 1.82) is 5.41 Å². The molecule has 1 N–H and O–H groups in total. The summed E-state index contributed by atoms with van der Waals surface area (Å²) in [7, 11) is 0. The lowest BCUT2D eigenvalue weighted by Gasteiger charge is -1.96. The van der Waals surface area contributed by atoms with Crippen molar-refractivity contribution < 1.29 is 0 Å². The monoisotopic (exact) mass is 151 g/mol. The van der Waals surface area contributed by atoms with E-state index in [9.17, 15) is 0 Å². The van der Waals surface area contributed by atoms with Crippen molar-refractivity contribution in [2.75, 3.05) is 0 Å². The quantitative estimate of drug-likeness (QED) is 0.470. The number of rotatable bonds is 4. The summed E-state index contributed by atoms with van der Waals surface area (Å²) in [6.45, 7) is 6.32. The molecule has 0 amide bonds. The highest BCUT2D eigenvalue weighted by Crippen LogP contribution is 2.06. The molecule has 0 aromatic carbocycles.